The number of aryl methyl sites for hydroxylation is 1. The molecule has 3 nitrogen and oxygen atoms in total. The zero-order valence-electron chi connectivity index (χ0n) is 22.8. The second-order valence-electron chi connectivity index (χ2n) is 8.71. The second-order valence-corrected chi connectivity index (χ2v) is 8.71. The minimum Gasteiger partial charge on any atom is -0.365 e. The fourth-order valence-electron chi connectivity index (χ4n) is 3.92. The monoisotopic (exact) mass is 487 g/mol. The van der Waals surface area contributed by atoms with Gasteiger partial charge in [0.15, 0.2) is 0 Å². The molecule has 4 heteroatoms. The van der Waals surface area contributed by atoms with E-state index in [4.69, 9.17) is 0 Å². The van der Waals surface area contributed by atoms with Crippen LogP contribution in [0.3, 0.4) is 0 Å². The first-order valence-corrected chi connectivity index (χ1v) is 12.6. The van der Waals surface area contributed by atoms with Gasteiger partial charge < -0.3 is 10.2 Å². The highest BCUT2D eigenvalue weighted by Gasteiger charge is 2.22. The van der Waals surface area contributed by atoms with Crippen molar-refractivity contribution >= 4 is 5.57 Å². The first-order chi connectivity index (χ1) is 17.3. The van der Waals surface area contributed by atoms with Gasteiger partial charge in [0.25, 0.3) is 0 Å². The van der Waals surface area contributed by atoms with Crippen molar-refractivity contribution < 1.29 is 4.39 Å². The van der Waals surface area contributed by atoms with Crippen LogP contribution in [0.2, 0.25) is 0 Å². The standard InChI is InChI=1S/C30H36FN3.C2H6/c1-7-26(13-9-11-24-15-17-29(31)18-16-24)30(33-23(4)34(5)6)22(3)19-27(8-2)28-14-10-12-25(20-28)21-32;1-2/h7-8,10,12,14-20,26,30,33H,1,4,9,11,13H2,2-3,5-6H3;1-2H3/b22-19+,27-8+;. The molecule has 0 aliphatic heterocycles. The number of nitrogens with zero attached hydrogens (tertiary/aromatic N) is 2. The van der Waals surface area contributed by atoms with Crippen LogP contribution in [0.4, 0.5) is 4.39 Å². The Kier molecular flexibility index (Phi) is 13.7. The summed E-state index contributed by atoms with van der Waals surface area (Å²) in [6.45, 7) is 16.4. The zero-order valence-corrected chi connectivity index (χ0v) is 22.8. The fraction of sp³-hybridized carbons (Fsp3) is 0.344. The van der Waals surface area contributed by atoms with Crippen molar-refractivity contribution in [1.82, 2.24) is 10.2 Å². The molecule has 0 spiro atoms. The number of rotatable bonds is 12. The molecule has 0 aliphatic carbocycles. The molecular weight excluding hydrogens is 445 g/mol. The highest BCUT2D eigenvalue weighted by molar-refractivity contribution is 5.75. The third kappa shape index (κ3) is 9.58. The number of allylic oxidation sites excluding steroid dienone is 3. The summed E-state index contributed by atoms with van der Waals surface area (Å²) in [6.07, 6.45) is 9.02. The molecule has 2 rings (SSSR count). The van der Waals surface area contributed by atoms with Gasteiger partial charge >= 0.3 is 0 Å². The van der Waals surface area contributed by atoms with Crippen LogP contribution in [0.5, 0.6) is 0 Å². The highest BCUT2D eigenvalue weighted by Crippen LogP contribution is 2.26. The normalized spacial score (nSPS) is 12.9. The molecule has 2 aromatic carbocycles. The maximum absolute atomic E-state index is 13.2. The van der Waals surface area contributed by atoms with Crippen molar-refractivity contribution in [3.63, 3.8) is 0 Å². The number of benzene rings is 2. The number of nitrogens with one attached hydrogen (secondary N) is 1. The Balaban J connectivity index is 0.00000316. The van der Waals surface area contributed by atoms with Crippen LogP contribution in [0.15, 0.2) is 91.3 Å². The van der Waals surface area contributed by atoms with E-state index >= 15 is 0 Å². The predicted molar refractivity (Wildman–Crippen MR) is 153 cm³/mol. The third-order valence-electron chi connectivity index (χ3n) is 6.02. The summed E-state index contributed by atoms with van der Waals surface area (Å²) >= 11 is 0. The van der Waals surface area contributed by atoms with E-state index in [2.05, 4.69) is 43.6 Å². The molecule has 192 valence electrons. The van der Waals surface area contributed by atoms with Crippen molar-refractivity contribution in [2.45, 2.75) is 53.0 Å². The predicted octanol–water partition coefficient (Wildman–Crippen LogP) is 7.89. The Bertz CT molecular complexity index is 1070. The average molecular weight is 488 g/mol. The topological polar surface area (TPSA) is 39.1 Å². The lowest BCUT2D eigenvalue weighted by molar-refractivity contribution is 0.387. The number of nitriles is 1. The van der Waals surface area contributed by atoms with Gasteiger partial charge in [0.2, 0.25) is 0 Å². The summed E-state index contributed by atoms with van der Waals surface area (Å²) in [7, 11) is 3.93. The molecule has 2 atom stereocenters. The molecule has 0 aromatic heterocycles. The Hall–Kier alpha value is -3.58. The number of hydrogen-bond donors (Lipinski definition) is 1. The summed E-state index contributed by atoms with van der Waals surface area (Å²) in [5.41, 5.74) is 5.00. The number of halogens is 1. The first-order valence-electron chi connectivity index (χ1n) is 12.6. The minimum atomic E-state index is -0.208. The van der Waals surface area contributed by atoms with Gasteiger partial charge in [0, 0.05) is 20.0 Å². The minimum absolute atomic E-state index is 0.00900. The van der Waals surface area contributed by atoms with E-state index in [1.807, 2.05) is 82.2 Å². The summed E-state index contributed by atoms with van der Waals surface area (Å²) in [5.74, 6) is 0.800. The number of hydrogen-bond acceptors (Lipinski definition) is 3. The molecule has 0 heterocycles. The zero-order chi connectivity index (χ0) is 27.1. The summed E-state index contributed by atoms with van der Waals surface area (Å²) in [5, 5.41) is 12.9. The van der Waals surface area contributed by atoms with Gasteiger partial charge in [0.1, 0.15) is 5.82 Å². The average Bonchev–Trinajstić information content (AvgIpc) is 2.90. The quantitative estimate of drug-likeness (QED) is 0.244. The lowest BCUT2D eigenvalue weighted by Crippen LogP contribution is -2.39. The molecule has 0 fully saturated rings. The molecular formula is C32H42FN3. The summed E-state index contributed by atoms with van der Waals surface area (Å²) < 4.78 is 13.2. The van der Waals surface area contributed by atoms with Crippen LogP contribution in [-0.4, -0.2) is 25.0 Å². The van der Waals surface area contributed by atoms with Crippen molar-refractivity contribution in [3.05, 3.63) is 114 Å². The Morgan fingerprint density at radius 1 is 1.17 bits per heavy atom. The first kappa shape index (κ1) is 30.5. The smallest absolute Gasteiger partial charge is 0.123 e. The van der Waals surface area contributed by atoms with Crippen molar-refractivity contribution in [3.8, 4) is 6.07 Å². The SMILES string of the molecule is C=CC(CCCc1ccc(F)cc1)C(NC(=C)N(C)C)/C(C)=C/C(=C\C)c1cccc(C#N)c1.CC. The van der Waals surface area contributed by atoms with Crippen molar-refractivity contribution in [2.24, 2.45) is 5.92 Å². The van der Waals surface area contributed by atoms with Gasteiger partial charge in [-0.3, -0.25) is 0 Å². The largest absolute Gasteiger partial charge is 0.365 e. The van der Waals surface area contributed by atoms with Crippen LogP contribution in [-0.2, 0) is 6.42 Å². The van der Waals surface area contributed by atoms with E-state index in [-0.39, 0.29) is 17.8 Å². The Labute approximate surface area is 218 Å². The van der Waals surface area contributed by atoms with E-state index in [1.165, 1.54) is 12.1 Å². The van der Waals surface area contributed by atoms with E-state index in [9.17, 15) is 9.65 Å². The Morgan fingerprint density at radius 2 is 1.83 bits per heavy atom. The summed E-state index contributed by atoms with van der Waals surface area (Å²) in [6, 6.07) is 16.6. The highest BCUT2D eigenvalue weighted by atomic mass is 19.1. The molecule has 0 radical (unpaired) electrons. The van der Waals surface area contributed by atoms with Crippen LogP contribution in [0.1, 0.15) is 57.2 Å². The van der Waals surface area contributed by atoms with Gasteiger partial charge in [-0.05, 0) is 79.6 Å². The second kappa shape index (κ2) is 16.2. The van der Waals surface area contributed by atoms with Gasteiger partial charge in [-0.15, -0.1) is 6.58 Å². The maximum Gasteiger partial charge on any atom is 0.123 e. The van der Waals surface area contributed by atoms with E-state index in [0.29, 0.717) is 5.56 Å². The lowest BCUT2D eigenvalue weighted by atomic mass is 9.87. The fourth-order valence-corrected chi connectivity index (χ4v) is 3.92. The molecule has 0 amide bonds. The van der Waals surface area contributed by atoms with Gasteiger partial charge in [-0.25, -0.2) is 4.39 Å². The van der Waals surface area contributed by atoms with Crippen LogP contribution in [0.25, 0.3) is 5.57 Å². The molecule has 2 aromatic rings. The molecule has 0 bridgehead atoms. The van der Waals surface area contributed by atoms with E-state index < -0.39 is 0 Å². The third-order valence-corrected chi connectivity index (χ3v) is 6.02. The Morgan fingerprint density at radius 3 is 2.39 bits per heavy atom. The van der Waals surface area contributed by atoms with E-state index in [1.54, 1.807) is 0 Å². The molecule has 1 N–H and O–H groups in total. The van der Waals surface area contributed by atoms with Crippen molar-refractivity contribution in [1.29, 1.82) is 5.26 Å². The van der Waals surface area contributed by atoms with E-state index in [0.717, 1.165) is 47.4 Å². The lowest BCUT2D eigenvalue weighted by Gasteiger charge is -2.31. The molecule has 0 saturated heterocycles. The molecule has 36 heavy (non-hydrogen) atoms. The molecule has 2 unspecified atom stereocenters. The van der Waals surface area contributed by atoms with Gasteiger partial charge in [-0.2, -0.15) is 5.26 Å². The summed E-state index contributed by atoms with van der Waals surface area (Å²) in [4.78, 5) is 1.96. The van der Waals surface area contributed by atoms with Crippen LogP contribution >= 0.6 is 0 Å². The maximum atomic E-state index is 13.2. The molecule has 0 saturated carbocycles. The van der Waals surface area contributed by atoms with Crippen LogP contribution in [0, 0.1) is 23.1 Å². The van der Waals surface area contributed by atoms with Crippen molar-refractivity contribution in [2.75, 3.05) is 14.1 Å². The van der Waals surface area contributed by atoms with Gasteiger partial charge in [-0.1, -0.05) is 62.9 Å². The van der Waals surface area contributed by atoms with Crippen LogP contribution < -0.4 is 5.32 Å². The van der Waals surface area contributed by atoms with Gasteiger partial charge in [0.05, 0.1) is 23.5 Å². The molecule has 0 aliphatic rings.